The predicted octanol–water partition coefficient (Wildman–Crippen LogP) is 2.51. The Morgan fingerprint density at radius 1 is 1.15 bits per heavy atom. The maximum absolute atomic E-state index is 5.94. The van der Waals surface area contributed by atoms with Gasteiger partial charge in [0.1, 0.15) is 0 Å². The maximum atomic E-state index is 5.94. The van der Waals surface area contributed by atoms with Crippen LogP contribution in [0.5, 0.6) is 0 Å². The zero-order chi connectivity index (χ0) is 9.42. The van der Waals surface area contributed by atoms with Crippen LogP contribution in [0.4, 0.5) is 0 Å². The Hall–Kier alpha value is -0.820. The topological polar surface area (TPSA) is 26.0 Å². The molecule has 0 spiro atoms. The lowest BCUT2D eigenvalue weighted by molar-refractivity contribution is 0.346. The Labute approximate surface area is 80.0 Å². The van der Waals surface area contributed by atoms with Crippen molar-refractivity contribution in [2.24, 2.45) is 5.73 Å². The van der Waals surface area contributed by atoms with Gasteiger partial charge in [-0.15, -0.1) is 0 Å². The van der Waals surface area contributed by atoms with Crippen molar-refractivity contribution in [3.8, 4) is 0 Å². The summed E-state index contributed by atoms with van der Waals surface area (Å²) >= 11 is 0. The van der Waals surface area contributed by atoms with E-state index in [0.717, 1.165) is 0 Å². The number of hydrogen-bond acceptors (Lipinski definition) is 1. The van der Waals surface area contributed by atoms with Gasteiger partial charge in [0.25, 0.3) is 0 Å². The number of benzene rings is 1. The van der Waals surface area contributed by atoms with E-state index in [0.29, 0.717) is 12.0 Å². The molecule has 1 aromatic rings. The number of hydrogen-bond donors (Lipinski definition) is 1. The fourth-order valence-corrected chi connectivity index (χ4v) is 1.93. The summed E-state index contributed by atoms with van der Waals surface area (Å²) in [5, 5.41) is 0. The minimum atomic E-state index is 0.405. The summed E-state index contributed by atoms with van der Waals surface area (Å²) in [6.45, 7) is 4.32. The average Bonchev–Trinajstić information content (AvgIpc) is 2.09. The molecule has 2 atom stereocenters. The van der Waals surface area contributed by atoms with Gasteiger partial charge in [-0.05, 0) is 49.3 Å². The van der Waals surface area contributed by atoms with Crippen LogP contribution in [-0.2, 0) is 0 Å². The zero-order valence-corrected chi connectivity index (χ0v) is 8.38. The molecule has 0 saturated heterocycles. The average molecular weight is 175 g/mol. The van der Waals surface area contributed by atoms with Gasteiger partial charge in [0.05, 0.1) is 0 Å². The second-order valence-corrected chi connectivity index (χ2v) is 4.19. The van der Waals surface area contributed by atoms with E-state index in [1.807, 2.05) is 0 Å². The van der Waals surface area contributed by atoms with E-state index in [-0.39, 0.29) is 0 Å². The lowest BCUT2D eigenvalue weighted by atomic mass is 9.75. The van der Waals surface area contributed by atoms with Crippen molar-refractivity contribution in [1.29, 1.82) is 0 Å². The first-order valence-electron chi connectivity index (χ1n) is 5.01. The first kappa shape index (κ1) is 8.76. The van der Waals surface area contributed by atoms with Crippen LogP contribution in [0.3, 0.4) is 0 Å². The van der Waals surface area contributed by atoms with Crippen molar-refractivity contribution in [2.45, 2.75) is 38.6 Å². The zero-order valence-electron chi connectivity index (χ0n) is 8.38. The van der Waals surface area contributed by atoms with E-state index in [4.69, 9.17) is 5.73 Å². The Morgan fingerprint density at radius 2 is 1.92 bits per heavy atom. The summed E-state index contributed by atoms with van der Waals surface area (Å²) in [5.41, 5.74) is 10.1. The molecule has 1 nitrogen and oxygen atoms in total. The van der Waals surface area contributed by atoms with Crippen LogP contribution in [0.2, 0.25) is 0 Å². The molecule has 1 aliphatic rings. The highest BCUT2D eigenvalue weighted by Crippen LogP contribution is 2.35. The fraction of sp³-hybridized carbons (Fsp3) is 0.500. The van der Waals surface area contributed by atoms with Gasteiger partial charge in [0.15, 0.2) is 0 Å². The van der Waals surface area contributed by atoms with Gasteiger partial charge in [-0.2, -0.15) is 0 Å². The van der Waals surface area contributed by atoms with Crippen LogP contribution in [0.1, 0.15) is 35.4 Å². The van der Waals surface area contributed by atoms with Gasteiger partial charge in [0.2, 0.25) is 0 Å². The molecule has 2 unspecified atom stereocenters. The smallest absolute Gasteiger partial charge is 0.0108 e. The van der Waals surface area contributed by atoms with E-state index >= 15 is 0 Å². The Balaban J connectivity index is 2.26. The molecule has 0 aliphatic heterocycles. The number of rotatable bonds is 1. The summed E-state index contributed by atoms with van der Waals surface area (Å²) < 4.78 is 0. The van der Waals surface area contributed by atoms with Crippen LogP contribution in [0, 0.1) is 13.8 Å². The molecule has 0 amide bonds. The molecule has 1 aromatic carbocycles. The minimum Gasteiger partial charge on any atom is -0.327 e. The minimum absolute atomic E-state index is 0.405. The molecule has 70 valence electrons. The largest absolute Gasteiger partial charge is 0.327 e. The molecular weight excluding hydrogens is 158 g/mol. The molecule has 1 saturated carbocycles. The van der Waals surface area contributed by atoms with E-state index in [1.165, 1.54) is 29.5 Å². The second kappa shape index (κ2) is 3.15. The molecule has 0 radical (unpaired) electrons. The molecule has 1 aliphatic carbocycles. The number of nitrogens with two attached hydrogens (primary N) is 1. The van der Waals surface area contributed by atoms with Crippen molar-refractivity contribution < 1.29 is 0 Å². The molecule has 0 heterocycles. The Kier molecular flexibility index (Phi) is 2.12. The third-order valence-electron chi connectivity index (χ3n) is 3.29. The van der Waals surface area contributed by atoms with E-state index in [2.05, 4.69) is 32.0 Å². The third kappa shape index (κ3) is 1.49. The fourth-order valence-electron chi connectivity index (χ4n) is 1.93. The molecule has 0 aromatic heterocycles. The third-order valence-corrected chi connectivity index (χ3v) is 3.29. The molecule has 13 heavy (non-hydrogen) atoms. The van der Waals surface area contributed by atoms with Crippen molar-refractivity contribution in [3.63, 3.8) is 0 Å². The van der Waals surface area contributed by atoms with E-state index < -0.39 is 0 Å². The maximum Gasteiger partial charge on any atom is 0.0108 e. The Bertz CT molecular complexity index is 317. The summed E-state index contributed by atoms with van der Waals surface area (Å²) in [4.78, 5) is 0. The quantitative estimate of drug-likeness (QED) is 0.697. The summed E-state index contributed by atoms with van der Waals surface area (Å²) in [7, 11) is 0. The van der Waals surface area contributed by atoms with Gasteiger partial charge in [0, 0.05) is 6.04 Å². The van der Waals surface area contributed by atoms with Crippen LogP contribution in [0.15, 0.2) is 18.2 Å². The van der Waals surface area contributed by atoms with Gasteiger partial charge >= 0.3 is 0 Å². The molecule has 1 fully saturated rings. The van der Waals surface area contributed by atoms with Gasteiger partial charge < -0.3 is 5.73 Å². The normalized spacial score (nSPS) is 27.0. The molecule has 1 heteroatoms. The van der Waals surface area contributed by atoms with E-state index in [9.17, 15) is 0 Å². The summed E-state index contributed by atoms with van der Waals surface area (Å²) in [6, 6.07) is 7.13. The molecule has 2 N–H and O–H groups in total. The van der Waals surface area contributed by atoms with Gasteiger partial charge in [-0.3, -0.25) is 0 Å². The first-order valence-corrected chi connectivity index (χ1v) is 5.01. The highest BCUT2D eigenvalue weighted by Gasteiger charge is 2.28. The van der Waals surface area contributed by atoms with Gasteiger partial charge in [-0.1, -0.05) is 18.2 Å². The van der Waals surface area contributed by atoms with Crippen molar-refractivity contribution in [2.75, 3.05) is 0 Å². The van der Waals surface area contributed by atoms with Crippen LogP contribution in [0.25, 0.3) is 0 Å². The van der Waals surface area contributed by atoms with Crippen LogP contribution >= 0.6 is 0 Å². The molecular formula is C12H17N. The van der Waals surface area contributed by atoms with Crippen LogP contribution in [-0.4, -0.2) is 6.04 Å². The Morgan fingerprint density at radius 3 is 2.38 bits per heavy atom. The van der Waals surface area contributed by atoms with E-state index in [1.54, 1.807) is 0 Å². The van der Waals surface area contributed by atoms with Crippen molar-refractivity contribution in [1.82, 2.24) is 0 Å². The second-order valence-electron chi connectivity index (χ2n) is 4.19. The monoisotopic (exact) mass is 175 g/mol. The molecule has 0 bridgehead atoms. The standard InChI is InChI=1S/C12H17N/c1-8-3-4-10(7-9(8)2)11-5-6-12(11)13/h3-4,7,11-12H,5-6,13H2,1-2H3. The van der Waals surface area contributed by atoms with Gasteiger partial charge in [-0.25, -0.2) is 0 Å². The summed E-state index contributed by atoms with van der Waals surface area (Å²) in [6.07, 6.45) is 2.46. The SMILES string of the molecule is Cc1ccc(C2CCC2N)cc1C. The number of aryl methyl sites for hydroxylation is 2. The first-order chi connectivity index (χ1) is 6.18. The highest BCUT2D eigenvalue weighted by molar-refractivity contribution is 5.33. The van der Waals surface area contributed by atoms with Crippen molar-refractivity contribution in [3.05, 3.63) is 34.9 Å². The molecule has 2 rings (SSSR count). The highest BCUT2D eigenvalue weighted by atomic mass is 14.7. The van der Waals surface area contributed by atoms with Crippen molar-refractivity contribution >= 4 is 0 Å². The van der Waals surface area contributed by atoms with Crippen LogP contribution < -0.4 is 5.73 Å². The lowest BCUT2D eigenvalue weighted by Crippen LogP contribution is -2.37. The summed E-state index contributed by atoms with van der Waals surface area (Å²) in [5.74, 6) is 0.624. The predicted molar refractivity (Wildman–Crippen MR) is 55.9 cm³/mol. The lowest BCUT2D eigenvalue weighted by Gasteiger charge is -2.34.